The predicted octanol–water partition coefficient (Wildman–Crippen LogP) is 3.63. The van der Waals surface area contributed by atoms with Gasteiger partial charge in [-0.25, -0.2) is 4.79 Å². The molecule has 0 aliphatic carbocycles. The van der Waals surface area contributed by atoms with Crippen LogP contribution in [0.3, 0.4) is 0 Å². The van der Waals surface area contributed by atoms with Crippen LogP contribution in [0.4, 0.5) is 0 Å². The first-order valence-corrected chi connectivity index (χ1v) is 8.74. The van der Waals surface area contributed by atoms with E-state index in [0.717, 1.165) is 16.5 Å². The molecule has 28 heavy (non-hydrogen) atoms. The van der Waals surface area contributed by atoms with Gasteiger partial charge in [-0.2, -0.15) is 0 Å². The zero-order chi connectivity index (χ0) is 19.8. The average molecular weight is 374 g/mol. The minimum Gasteiger partial charge on any atom is -0.496 e. The van der Waals surface area contributed by atoms with Crippen LogP contribution in [0.5, 0.6) is 5.75 Å². The Kier molecular flexibility index (Phi) is 4.31. The number of ether oxygens (including phenoxy) is 1. The van der Waals surface area contributed by atoms with E-state index in [1.54, 1.807) is 31.6 Å². The third kappa shape index (κ3) is 2.99. The van der Waals surface area contributed by atoms with Crippen LogP contribution in [0.2, 0.25) is 0 Å². The average Bonchev–Trinajstić information content (AvgIpc) is 2.68. The maximum Gasteiger partial charge on any atom is 0.344 e. The van der Waals surface area contributed by atoms with Crippen molar-refractivity contribution in [1.29, 1.82) is 0 Å². The van der Waals surface area contributed by atoms with Gasteiger partial charge in [0.15, 0.2) is 0 Å². The van der Waals surface area contributed by atoms with Crippen LogP contribution in [0, 0.1) is 13.8 Å². The lowest BCUT2D eigenvalue weighted by Crippen LogP contribution is -2.17. The quantitative estimate of drug-likeness (QED) is 0.547. The zero-order valence-electron chi connectivity index (χ0n) is 15.7. The summed E-state index contributed by atoms with van der Waals surface area (Å²) < 4.78 is 12.7. The molecular weight excluding hydrogens is 356 g/mol. The molecule has 0 fully saturated rings. The van der Waals surface area contributed by atoms with E-state index in [2.05, 4.69) is 4.98 Å². The zero-order valence-corrected chi connectivity index (χ0v) is 15.7. The summed E-state index contributed by atoms with van der Waals surface area (Å²) in [5.41, 5.74) is 2.36. The molecule has 2 aromatic carbocycles. The molecule has 0 saturated carbocycles. The lowest BCUT2D eigenvalue weighted by atomic mass is 10.0. The first-order chi connectivity index (χ1) is 13.5. The summed E-state index contributed by atoms with van der Waals surface area (Å²) in [6.07, 6.45) is 4.38. The molecular formula is C22H18N2O4. The molecule has 0 radical (unpaired) electrons. The summed E-state index contributed by atoms with van der Waals surface area (Å²) in [4.78, 5) is 28.6. The van der Waals surface area contributed by atoms with Crippen LogP contribution in [0.1, 0.15) is 11.1 Å². The number of benzene rings is 2. The minimum absolute atomic E-state index is 0.256. The minimum atomic E-state index is -0.414. The molecule has 4 aromatic rings. The lowest BCUT2D eigenvalue weighted by Gasteiger charge is -2.14. The summed E-state index contributed by atoms with van der Waals surface area (Å²) in [6, 6.07) is 11.1. The molecule has 140 valence electrons. The third-order valence-corrected chi connectivity index (χ3v) is 4.65. The van der Waals surface area contributed by atoms with Crippen LogP contribution >= 0.6 is 0 Å². The predicted molar refractivity (Wildman–Crippen MR) is 107 cm³/mol. The van der Waals surface area contributed by atoms with Crippen LogP contribution in [-0.2, 0) is 0 Å². The first kappa shape index (κ1) is 17.7. The maximum atomic E-state index is 12.5. The Morgan fingerprint density at radius 2 is 1.89 bits per heavy atom. The van der Waals surface area contributed by atoms with Gasteiger partial charge >= 0.3 is 5.63 Å². The van der Waals surface area contributed by atoms with Crippen molar-refractivity contribution in [3.63, 3.8) is 0 Å². The molecule has 6 heteroatoms. The van der Waals surface area contributed by atoms with E-state index in [1.165, 1.54) is 10.8 Å². The Balaban J connectivity index is 2.00. The van der Waals surface area contributed by atoms with Gasteiger partial charge in [-0.1, -0.05) is 17.7 Å². The number of fused-ring (bicyclic) bond motifs is 1. The van der Waals surface area contributed by atoms with E-state index in [4.69, 9.17) is 9.15 Å². The highest BCUT2D eigenvalue weighted by Crippen LogP contribution is 2.35. The molecule has 0 aliphatic rings. The van der Waals surface area contributed by atoms with Gasteiger partial charge in [0.05, 0.1) is 24.3 Å². The highest BCUT2D eigenvalue weighted by Gasteiger charge is 2.16. The van der Waals surface area contributed by atoms with Crippen molar-refractivity contribution in [3.05, 3.63) is 86.9 Å². The molecule has 2 aromatic heterocycles. The molecule has 0 spiro atoms. The van der Waals surface area contributed by atoms with Crippen molar-refractivity contribution in [1.82, 2.24) is 9.55 Å². The summed E-state index contributed by atoms with van der Waals surface area (Å²) in [5, 5.41) is 1.31. The van der Waals surface area contributed by atoms with Gasteiger partial charge in [0.2, 0.25) is 0 Å². The molecule has 4 rings (SSSR count). The normalized spacial score (nSPS) is 11.0. The van der Waals surface area contributed by atoms with Crippen LogP contribution < -0.4 is 15.9 Å². The SMILES string of the molecule is COc1c(C)cc(-n2ccncc2=O)cc1-c1cc2ccc(C)cc2c(=O)o1. The fourth-order valence-electron chi connectivity index (χ4n) is 3.34. The van der Waals surface area contributed by atoms with Gasteiger partial charge in [-0.15, -0.1) is 0 Å². The number of methoxy groups -OCH3 is 1. The van der Waals surface area contributed by atoms with Gasteiger partial charge in [-0.3, -0.25) is 14.3 Å². The van der Waals surface area contributed by atoms with E-state index in [9.17, 15) is 9.59 Å². The van der Waals surface area contributed by atoms with Gasteiger partial charge < -0.3 is 9.15 Å². The first-order valence-electron chi connectivity index (χ1n) is 8.74. The summed E-state index contributed by atoms with van der Waals surface area (Å²) in [6.45, 7) is 3.80. The van der Waals surface area contributed by atoms with E-state index in [0.29, 0.717) is 28.1 Å². The summed E-state index contributed by atoms with van der Waals surface area (Å²) in [7, 11) is 1.56. The highest BCUT2D eigenvalue weighted by molar-refractivity contribution is 5.86. The molecule has 0 amide bonds. The van der Waals surface area contributed by atoms with Crippen LogP contribution in [0.15, 0.2) is 69.0 Å². The van der Waals surface area contributed by atoms with Crippen molar-refractivity contribution in [2.45, 2.75) is 13.8 Å². The second-order valence-corrected chi connectivity index (χ2v) is 6.62. The molecule has 0 saturated heterocycles. The fourth-order valence-corrected chi connectivity index (χ4v) is 3.34. The van der Waals surface area contributed by atoms with Gasteiger partial charge in [0.25, 0.3) is 5.56 Å². The Labute approximate surface area is 160 Å². The van der Waals surface area contributed by atoms with E-state index < -0.39 is 5.63 Å². The second kappa shape index (κ2) is 6.81. The van der Waals surface area contributed by atoms with Crippen molar-refractivity contribution in [2.24, 2.45) is 0 Å². The summed E-state index contributed by atoms with van der Waals surface area (Å²) >= 11 is 0. The number of hydrogen-bond donors (Lipinski definition) is 0. The molecule has 0 N–H and O–H groups in total. The Morgan fingerprint density at radius 1 is 1.07 bits per heavy atom. The smallest absolute Gasteiger partial charge is 0.344 e. The fraction of sp³-hybridized carbons (Fsp3) is 0.136. The number of aryl methyl sites for hydroxylation is 2. The maximum absolute atomic E-state index is 12.5. The van der Waals surface area contributed by atoms with Gasteiger partial charge in [-0.05, 0) is 49.1 Å². The molecule has 0 bridgehead atoms. The number of aromatic nitrogens is 2. The molecule has 2 heterocycles. The van der Waals surface area contributed by atoms with Gasteiger partial charge in [0.1, 0.15) is 11.5 Å². The van der Waals surface area contributed by atoms with E-state index in [1.807, 2.05) is 38.1 Å². The monoisotopic (exact) mass is 374 g/mol. The van der Waals surface area contributed by atoms with E-state index >= 15 is 0 Å². The number of nitrogens with zero attached hydrogens (tertiary/aromatic N) is 2. The molecule has 0 unspecified atom stereocenters. The third-order valence-electron chi connectivity index (χ3n) is 4.65. The van der Waals surface area contributed by atoms with Crippen LogP contribution in [-0.4, -0.2) is 16.7 Å². The van der Waals surface area contributed by atoms with Crippen molar-refractivity contribution in [3.8, 4) is 22.8 Å². The van der Waals surface area contributed by atoms with Crippen LogP contribution in [0.25, 0.3) is 27.8 Å². The molecule has 0 aliphatic heterocycles. The Morgan fingerprint density at radius 3 is 2.64 bits per heavy atom. The van der Waals surface area contributed by atoms with E-state index in [-0.39, 0.29) is 5.56 Å². The number of hydrogen-bond acceptors (Lipinski definition) is 5. The highest BCUT2D eigenvalue weighted by atomic mass is 16.5. The topological polar surface area (TPSA) is 74.3 Å². The Bertz CT molecular complexity index is 1320. The standard InChI is InChI=1S/C22H18N2O4/c1-13-4-5-15-10-19(28-22(26)17(15)8-13)18-11-16(9-14(2)21(18)27-3)24-7-6-23-12-20(24)25/h4-12H,1-3H3. The second-order valence-electron chi connectivity index (χ2n) is 6.62. The van der Waals surface area contributed by atoms with Crippen molar-refractivity contribution >= 4 is 10.8 Å². The largest absolute Gasteiger partial charge is 0.496 e. The number of rotatable bonds is 3. The van der Waals surface area contributed by atoms with Gasteiger partial charge in [0, 0.05) is 18.1 Å². The lowest BCUT2D eigenvalue weighted by molar-refractivity contribution is 0.410. The summed E-state index contributed by atoms with van der Waals surface area (Å²) in [5.74, 6) is 0.964. The van der Waals surface area contributed by atoms with Crippen molar-refractivity contribution in [2.75, 3.05) is 7.11 Å². The molecule has 6 nitrogen and oxygen atoms in total. The Hall–Kier alpha value is -3.67. The van der Waals surface area contributed by atoms with Crippen molar-refractivity contribution < 1.29 is 9.15 Å². The molecule has 0 atom stereocenters.